The SMILES string of the molecule is CC1=C(c2ccc(O)c(O)c2)COc2ccc(O)cc21.FCC1CN(CCOc2ccccc2)C1. The monoisotopic (exact) mass is 479 g/mol. The Morgan fingerprint density at radius 2 is 1.74 bits per heavy atom. The number of rotatable bonds is 6. The van der Waals surface area contributed by atoms with Crippen LogP contribution in [-0.2, 0) is 0 Å². The highest BCUT2D eigenvalue weighted by molar-refractivity contribution is 5.94. The molecule has 3 N–H and O–H groups in total. The number of aromatic hydroxyl groups is 3. The van der Waals surface area contributed by atoms with Crippen LogP contribution in [0.3, 0.4) is 0 Å². The summed E-state index contributed by atoms with van der Waals surface area (Å²) in [6.45, 7) is 5.49. The van der Waals surface area contributed by atoms with E-state index in [2.05, 4.69) is 4.90 Å². The second-order valence-corrected chi connectivity index (χ2v) is 8.72. The molecule has 5 rings (SSSR count). The summed E-state index contributed by atoms with van der Waals surface area (Å²) >= 11 is 0. The van der Waals surface area contributed by atoms with Crippen LogP contribution in [0, 0.1) is 5.92 Å². The van der Waals surface area contributed by atoms with Crippen LogP contribution in [0.15, 0.2) is 66.7 Å². The largest absolute Gasteiger partial charge is 0.508 e. The fourth-order valence-electron chi connectivity index (χ4n) is 4.13. The second kappa shape index (κ2) is 11.1. The fourth-order valence-corrected chi connectivity index (χ4v) is 4.13. The molecule has 0 spiro atoms. The van der Waals surface area contributed by atoms with Gasteiger partial charge in [0, 0.05) is 36.7 Å². The number of halogens is 1. The van der Waals surface area contributed by atoms with E-state index in [0.717, 1.165) is 53.4 Å². The van der Waals surface area contributed by atoms with Gasteiger partial charge in [-0.05, 0) is 60.5 Å². The van der Waals surface area contributed by atoms with E-state index in [1.807, 2.05) is 37.3 Å². The predicted octanol–water partition coefficient (Wildman–Crippen LogP) is 5.09. The zero-order chi connectivity index (χ0) is 24.8. The lowest BCUT2D eigenvalue weighted by Gasteiger charge is -2.37. The Hall–Kier alpha value is -3.71. The predicted molar refractivity (Wildman–Crippen MR) is 134 cm³/mol. The minimum Gasteiger partial charge on any atom is -0.508 e. The van der Waals surface area contributed by atoms with Crippen LogP contribution in [0.2, 0.25) is 0 Å². The van der Waals surface area contributed by atoms with Crippen molar-refractivity contribution in [3.8, 4) is 28.7 Å². The Kier molecular flexibility index (Phi) is 7.77. The standard InChI is InChI=1S/C16H14O4.C12H16FNO/c1-9-12-7-11(17)3-5-16(12)20-8-13(9)10-2-4-14(18)15(19)6-10;13-8-11-9-14(10-11)6-7-15-12-4-2-1-3-5-12/h2-7,17-19H,8H2,1H3;1-5,11H,6-10H2. The lowest BCUT2D eigenvalue weighted by Crippen LogP contribution is -2.49. The first kappa shape index (κ1) is 24.4. The number of phenols is 3. The van der Waals surface area contributed by atoms with Gasteiger partial charge < -0.3 is 24.8 Å². The van der Waals surface area contributed by atoms with Gasteiger partial charge in [-0.3, -0.25) is 9.29 Å². The Morgan fingerprint density at radius 3 is 2.46 bits per heavy atom. The van der Waals surface area contributed by atoms with E-state index in [1.165, 1.54) is 12.1 Å². The third-order valence-electron chi connectivity index (χ3n) is 6.19. The van der Waals surface area contributed by atoms with Gasteiger partial charge in [0.05, 0.1) is 6.67 Å². The molecule has 3 aromatic rings. The zero-order valence-corrected chi connectivity index (χ0v) is 19.7. The summed E-state index contributed by atoms with van der Waals surface area (Å²) in [4.78, 5) is 2.22. The molecule has 0 aliphatic carbocycles. The molecule has 6 nitrogen and oxygen atoms in total. The first-order chi connectivity index (χ1) is 16.9. The molecule has 0 radical (unpaired) electrons. The highest BCUT2D eigenvalue weighted by Crippen LogP contribution is 2.39. The number of para-hydroxylation sites is 1. The Morgan fingerprint density at radius 1 is 0.971 bits per heavy atom. The number of hydrogen-bond acceptors (Lipinski definition) is 6. The summed E-state index contributed by atoms with van der Waals surface area (Å²) in [5, 5.41) is 28.6. The molecule has 1 fully saturated rings. The van der Waals surface area contributed by atoms with E-state index in [9.17, 15) is 19.7 Å². The number of fused-ring (bicyclic) bond motifs is 1. The molecule has 0 amide bonds. The van der Waals surface area contributed by atoms with E-state index < -0.39 is 0 Å². The topological polar surface area (TPSA) is 82.4 Å². The molecule has 1 saturated heterocycles. The van der Waals surface area contributed by atoms with Crippen LogP contribution >= 0.6 is 0 Å². The normalized spacial score (nSPS) is 15.4. The van der Waals surface area contributed by atoms with Crippen molar-refractivity contribution in [2.24, 2.45) is 5.92 Å². The summed E-state index contributed by atoms with van der Waals surface area (Å²) in [6.07, 6.45) is 0. The number of alkyl halides is 1. The van der Waals surface area contributed by atoms with Gasteiger partial charge in [0.25, 0.3) is 0 Å². The highest BCUT2D eigenvalue weighted by atomic mass is 19.1. The van der Waals surface area contributed by atoms with Crippen molar-refractivity contribution in [2.45, 2.75) is 6.92 Å². The van der Waals surface area contributed by atoms with Crippen LogP contribution < -0.4 is 9.47 Å². The molecule has 7 heteroatoms. The van der Waals surface area contributed by atoms with Gasteiger partial charge in [-0.1, -0.05) is 24.3 Å². The van der Waals surface area contributed by atoms with Gasteiger partial charge in [-0.15, -0.1) is 0 Å². The Labute approximate surface area is 204 Å². The third kappa shape index (κ3) is 6.05. The van der Waals surface area contributed by atoms with Crippen LogP contribution in [0.5, 0.6) is 28.7 Å². The summed E-state index contributed by atoms with van der Waals surface area (Å²) in [5.41, 5.74) is 3.51. The molecular weight excluding hydrogens is 449 g/mol. The van der Waals surface area contributed by atoms with Gasteiger partial charge in [0.1, 0.15) is 30.5 Å². The van der Waals surface area contributed by atoms with Crippen LogP contribution in [0.25, 0.3) is 11.1 Å². The summed E-state index contributed by atoms with van der Waals surface area (Å²) in [7, 11) is 0. The molecule has 0 bridgehead atoms. The summed E-state index contributed by atoms with van der Waals surface area (Å²) in [5.74, 6) is 1.77. The van der Waals surface area contributed by atoms with Crippen molar-refractivity contribution in [2.75, 3.05) is 39.5 Å². The first-order valence-corrected chi connectivity index (χ1v) is 11.6. The third-order valence-corrected chi connectivity index (χ3v) is 6.19. The summed E-state index contributed by atoms with van der Waals surface area (Å²) in [6, 6.07) is 19.4. The molecule has 0 atom stereocenters. The van der Waals surface area contributed by atoms with Gasteiger partial charge in [0.15, 0.2) is 11.5 Å². The van der Waals surface area contributed by atoms with Gasteiger partial charge in [-0.2, -0.15) is 0 Å². The van der Waals surface area contributed by atoms with E-state index in [0.29, 0.717) is 13.2 Å². The lowest BCUT2D eigenvalue weighted by molar-refractivity contribution is 0.0668. The van der Waals surface area contributed by atoms with Crippen molar-refractivity contribution in [1.29, 1.82) is 0 Å². The number of allylic oxidation sites excluding steroid dienone is 1. The van der Waals surface area contributed by atoms with Crippen molar-refractivity contribution >= 4 is 11.1 Å². The maximum absolute atomic E-state index is 12.1. The van der Waals surface area contributed by atoms with Gasteiger partial charge >= 0.3 is 0 Å². The quantitative estimate of drug-likeness (QED) is 0.427. The maximum Gasteiger partial charge on any atom is 0.158 e. The van der Waals surface area contributed by atoms with Crippen molar-refractivity contribution in [3.05, 3.63) is 77.9 Å². The van der Waals surface area contributed by atoms with Crippen molar-refractivity contribution < 1.29 is 29.2 Å². The number of ether oxygens (including phenoxy) is 2. The van der Waals surface area contributed by atoms with Crippen molar-refractivity contribution in [1.82, 2.24) is 4.90 Å². The first-order valence-electron chi connectivity index (χ1n) is 11.6. The van der Waals surface area contributed by atoms with Crippen molar-refractivity contribution in [3.63, 3.8) is 0 Å². The molecule has 2 aliphatic heterocycles. The van der Waals surface area contributed by atoms with Gasteiger partial charge in [0.2, 0.25) is 0 Å². The molecule has 35 heavy (non-hydrogen) atoms. The number of phenolic OH excluding ortho intramolecular Hbond substituents is 3. The van der Waals surface area contributed by atoms with Crippen LogP contribution in [0.4, 0.5) is 4.39 Å². The van der Waals surface area contributed by atoms with Crippen LogP contribution in [0.1, 0.15) is 18.1 Å². The molecule has 0 unspecified atom stereocenters. The molecule has 2 heterocycles. The minimum atomic E-state index is -0.184. The van der Waals surface area contributed by atoms with E-state index in [4.69, 9.17) is 9.47 Å². The molecule has 0 aromatic heterocycles. The second-order valence-electron chi connectivity index (χ2n) is 8.72. The van der Waals surface area contributed by atoms with Gasteiger partial charge in [-0.25, -0.2) is 0 Å². The number of likely N-dealkylation sites (tertiary alicyclic amines) is 1. The van der Waals surface area contributed by atoms with E-state index >= 15 is 0 Å². The van der Waals surface area contributed by atoms with Crippen LogP contribution in [-0.4, -0.2) is 59.7 Å². The van der Waals surface area contributed by atoms with E-state index in [-0.39, 0.29) is 29.8 Å². The summed E-state index contributed by atoms with van der Waals surface area (Å²) < 4.78 is 23.4. The Bertz CT molecular complexity index is 1180. The number of benzene rings is 3. The molecule has 0 saturated carbocycles. The molecular formula is C28H30FNO5. The number of hydrogen-bond donors (Lipinski definition) is 3. The number of nitrogens with zero attached hydrogens (tertiary/aromatic N) is 1. The smallest absolute Gasteiger partial charge is 0.158 e. The molecule has 2 aliphatic rings. The average molecular weight is 480 g/mol. The average Bonchev–Trinajstić information content (AvgIpc) is 2.84. The fraction of sp³-hybridized carbons (Fsp3) is 0.286. The molecule has 3 aromatic carbocycles. The Balaban J connectivity index is 0.000000172. The maximum atomic E-state index is 12.1. The molecule has 184 valence electrons. The van der Waals surface area contributed by atoms with E-state index in [1.54, 1.807) is 24.3 Å². The zero-order valence-electron chi connectivity index (χ0n) is 19.7. The minimum absolute atomic E-state index is 0.151. The highest BCUT2D eigenvalue weighted by Gasteiger charge is 2.25. The lowest BCUT2D eigenvalue weighted by atomic mass is 9.93.